The number of ketones is 1. The molecule has 1 heterocycles. The molecule has 0 spiro atoms. The molecule has 1 aliphatic carbocycles. The first-order valence-electron chi connectivity index (χ1n) is 11.3. The molecule has 1 aliphatic heterocycles. The first-order valence-corrected chi connectivity index (χ1v) is 11.3. The molecular formula is C28H27NO5. The van der Waals surface area contributed by atoms with Gasteiger partial charge in [0.2, 0.25) is 6.79 Å². The fourth-order valence-electron chi connectivity index (χ4n) is 4.57. The van der Waals surface area contributed by atoms with Crippen LogP contribution in [0.4, 0.5) is 0 Å². The normalized spacial score (nSPS) is 15.0. The maximum absolute atomic E-state index is 13.5. The van der Waals surface area contributed by atoms with Crippen molar-refractivity contribution < 1.29 is 23.8 Å². The lowest BCUT2D eigenvalue weighted by atomic mass is 9.87. The predicted molar refractivity (Wildman–Crippen MR) is 129 cm³/mol. The Balaban J connectivity index is 1.43. The van der Waals surface area contributed by atoms with E-state index in [2.05, 4.69) is 0 Å². The van der Waals surface area contributed by atoms with E-state index in [-0.39, 0.29) is 18.5 Å². The molecule has 6 heteroatoms. The second kappa shape index (κ2) is 8.52. The van der Waals surface area contributed by atoms with Crippen molar-refractivity contribution in [3.63, 3.8) is 0 Å². The largest absolute Gasteiger partial charge is 0.496 e. The number of nitrogens with zero attached hydrogens (tertiary/aromatic N) is 1. The fourth-order valence-corrected chi connectivity index (χ4v) is 4.57. The molecule has 5 rings (SSSR count). The number of benzene rings is 3. The fraction of sp³-hybridized carbons (Fsp3) is 0.286. The SMILES string of the molecule is COc1ccc(CC(=O)C2(c3ccc4c(c3)OCO4)CC2)cc1-c1cccc(C(=O)N(C)C)c1. The maximum Gasteiger partial charge on any atom is 0.253 e. The number of carbonyl (C=O) groups is 2. The van der Waals surface area contributed by atoms with Gasteiger partial charge >= 0.3 is 0 Å². The lowest BCUT2D eigenvalue weighted by molar-refractivity contribution is -0.120. The summed E-state index contributed by atoms with van der Waals surface area (Å²) < 4.78 is 16.5. The van der Waals surface area contributed by atoms with Crippen LogP contribution in [0.1, 0.15) is 34.3 Å². The van der Waals surface area contributed by atoms with Gasteiger partial charge in [-0.3, -0.25) is 9.59 Å². The standard InChI is InChI=1S/C28H27NO5/c1-29(2)27(31)20-6-4-5-19(15-20)22-13-18(7-9-23(22)32-3)14-26(30)28(11-12-28)21-8-10-24-25(16-21)34-17-33-24/h4-10,13,15-16H,11-12,14,17H2,1-3H3. The number of Topliss-reactive ketones (excluding diaryl/α,β-unsaturated/α-hetero) is 1. The molecule has 34 heavy (non-hydrogen) atoms. The Morgan fingerprint density at radius 2 is 1.76 bits per heavy atom. The molecule has 0 radical (unpaired) electrons. The molecule has 0 aromatic heterocycles. The molecule has 1 fully saturated rings. The van der Waals surface area contributed by atoms with Gasteiger partial charge in [-0.25, -0.2) is 0 Å². The van der Waals surface area contributed by atoms with Gasteiger partial charge in [0.15, 0.2) is 11.5 Å². The molecule has 1 amide bonds. The zero-order chi connectivity index (χ0) is 23.9. The van der Waals surface area contributed by atoms with Gasteiger partial charge in [0.25, 0.3) is 5.91 Å². The lowest BCUT2D eigenvalue weighted by Crippen LogP contribution is -2.22. The van der Waals surface area contributed by atoms with Gasteiger partial charge in [0.05, 0.1) is 12.5 Å². The number of hydrogen-bond acceptors (Lipinski definition) is 5. The average Bonchev–Trinajstić information content (AvgIpc) is 3.54. The van der Waals surface area contributed by atoms with E-state index in [1.807, 2.05) is 54.6 Å². The summed E-state index contributed by atoms with van der Waals surface area (Å²) in [5.41, 5.74) is 3.78. The highest BCUT2D eigenvalue weighted by Gasteiger charge is 2.50. The quantitative estimate of drug-likeness (QED) is 0.517. The number of methoxy groups -OCH3 is 1. The summed E-state index contributed by atoms with van der Waals surface area (Å²) in [5.74, 6) is 2.25. The highest BCUT2D eigenvalue weighted by molar-refractivity contribution is 5.96. The third kappa shape index (κ3) is 3.89. The van der Waals surface area contributed by atoms with Gasteiger partial charge in [-0.2, -0.15) is 0 Å². The van der Waals surface area contributed by atoms with Crippen molar-refractivity contribution in [1.29, 1.82) is 0 Å². The summed E-state index contributed by atoms with van der Waals surface area (Å²) in [7, 11) is 5.09. The van der Waals surface area contributed by atoms with Crippen molar-refractivity contribution in [2.75, 3.05) is 28.0 Å². The van der Waals surface area contributed by atoms with Gasteiger partial charge < -0.3 is 19.1 Å². The molecule has 3 aromatic rings. The molecule has 3 aromatic carbocycles. The number of amides is 1. The Kier molecular flexibility index (Phi) is 5.52. The van der Waals surface area contributed by atoms with Crippen LogP contribution in [-0.4, -0.2) is 44.6 Å². The zero-order valence-corrected chi connectivity index (χ0v) is 19.6. The summed E-state index contributed by atoms with van der Waals surface area (Å²) in [4.78, 5) is 27.5. The smallest absolute Gasteiger partial charge is 0.253 e. The van der Waals surface area contributed by atoms with Crippen molar-refractivity contribution in [3.8, 4) is 28.4 Å². The van der Waals surface area contributed by atoms with E-state index in [0.717, 1.165) is 40.8 Å². The van der Waals surface area contributed by atoms with E-state index in [1.54, 1.807) is 32.2 Å². The van der Waals surface area contributed by atoms with Crippen molar-refractivity contribution >= 4 is 11.7 Å². The predicted octanol–water partition coefficient (Wildman–Crippen LogP) is 4.64. The van der Waals surface area contributed by atoms with Crippen LogP contribution in [0.5, 0.6) is 17.2 Å². The van der Waals surface area contributed by atoms with Crippen LogP contribution in [0.25, 0.3) is 11.1 Å². The highest BCUT2D eigenvalue weighted by atomic mass is 16.7. The monoisotopic (exact) mass is 457 g/mol. The van der Waals surface area contributed by atoms with E-state index in [4.69, 9.17) is 14.2 Å². The van der Waals surface area contributed by atoms with Gasteiger partial charge in [0, 0.05) is 31.6 Å². The lowest BCUT2D eigenvalue weighted by Gasteiger charge is -2.17. The minimum Gasteiger partial charge on any atom is -0.496 e. The minimum absolute atomic E-state index is 0.0634. The van der Waals surface area contributed by atoms with Gasteiger partial charge in [0.1, 0.15) is 11.5 Å². The summed E-state index contributed by atoms with van der Waals surface area (Å²) in [6.07, 6.45) is 1.99. The topological polar surface area (TPSA) is 65.1 Å². The van der Waals surface area contributed by atoms with E-state index >= 15 is 0 Å². The zero-order valence-electron chi connectivity index (χ0n) is 19.6. The Hall–Kier alpha value is -3.80. The summed E-state index contributed by atoms with van der Waals surface area (Å²) in [6.45, 7) is 0.218. The average molecular weight is 458 g/mol. The molecule has 0 bridgehead atoms. The summed E-state index contributed by atoms with van der Waals surface area (Å²) >= 11 is 0. The molecule has 0 atom stereocenters. The van der Waals surface area contributed by atoms with Gasteiger partial charge in [-0.05, 0) is 65.9 Å². The number of carbonyl (C=O) groups excluding carboxylic acids is 2. The van der Waals surface area contributed by atoms with E-state index in [0.29, 0.717) is 23.5 Å². The van der Waals surface area contributed by atoms with Crippen LogP contribution in [0, 0.1) is 0 Å². The summed E-state index contributed by atoms with van der Waals surface area (Å²) in [6, 6.07) is 19.1. The number of ether oxygens (including phenoxy) is 3. The summed E-state index contributed by atoms with van der Waals surface area (Å²) in [5, 5.41) is 0. The van der Waals surface area contributed by atoms with Crippen molar-refractivity contribution in [2.45, 2.75) is 24.7 Å². The van der Waals surface area contributed by atoms with E-state index in [9.17, 15) is 9.59 Å². The first-order chi connectivity index (χ1) is 16.4. The Morgan fingerprint density at radius 1 is 0.971 bits per heavy atom. The molecule has 0 unspecified atom stereocenters. The number of fused-ring (bicyclic) bond motifs is 1. The van der Waals surface area contributed by atoms with Crippen LogP contribution >= 0.6 is 0 Å². The van der Waals surface area contributed by atoms with E-state index < -0.39 is 5.41 Å². The Morgan fingerprint density at radius 3 is 2.50 bits per heavy atom. The van der Waals surface area contributed by atoms with Crippen LogP contribution in [0.3, 0.4) is 0 Å². The second-order valence-corrected chi connectivity index (χ2v) is 9.07. The Labute approximate surface area is 199 Å². The molecule has 6 nitrogen and oxygen atoms in total. The van der Waals surface area contributed by atoms with Crippen LogP contribution in [0.15, 0.2) is 60.7 Å². The first kappa shape index (κ1) is 22.0. The van der Waals surface area contributed by atoms with Crippen LogP contribution < -0.4 is 14.2 Å². The van der Waals surface area contributed by atoms with E-state index in [1.165, 1.54) is 0 Å². The number of hydrogen-bond donors (Lipinski definition) is 0. The molecule has 2 aliphatic rings. The van der Waals surface area contributed by atoms with Crippen molar-refractivity contribution in [2.24, 2.45) is 0 Å². The van der Waals surface area contributed by atoms with Crippen LogP contribution in [-0.2, 0) is 16.6 Å². The third-order valence-electron chi connectivity index (χ3n) is 6.66. The molecule has 1 saturated carbocycles. The van der Waals surface area contributed by atoms with Gasteiger partial charge in [-0.1, -0.05) is 24.3 Å². The Bertz CT molecular complexity index is 1280. The molecule has 0 saturated heterocycles. The molecular weight excluding hydrogens is 430 g/mol. The second-order valence-electron chi connectivity index (χ2n) is 9.07. The van der Waals surface area contributed by atoms with Crippen LogP contribution in [0.2, 0.25) is 0 Å². The maximum atomic E-state index is 13.5. The van der Waals surface area contributed by atoms with Crippen molar-refractivity contribution in [1.82, 2.24) is 4.90 Å². The molecule has 0 N–H and O–H groups in total. The van der Waals surface area contributed by atoms with Crippen molar-refractivity contribution in [3.05, 3.63) is 77.4 Å². The van der Waals surface area contributed by atoms with Gasteiger partial charge in [-0.15, -0.1) is 0 Å². The molecule has 174 valence electrons. The minimum atomic E-state index is -0.459. The third-order valence-corrected chi connectivity index (χ3v) is 6.66. The highest BCUT2D eigenvalue weighted by Crippen LogP contribution is 2.51. The number of rotatable bonds is 7.